The van der Waals surface area contributed by atoms with Crippen molar-refractivity contribution >= 4 is 34.1 Å². The number of carbonyl (C=O) groups excluding carboxylic acids is 1. The van der Waals surface area contributed by atoms with Crippen molar-refractivity contribution in [2.45, 2.75) is 19.8 Å². The van der Waals surface area contributed by atoms with Crippen molar-refractivity contribution in [1.82, 2.24) is 4.98 Å². The van der Waals surface area contributed by atoms with Crippen LogP contribution in [0.25, 0.3) is 10.9 Å². The maximum atomic E-state index is 12.4. The number of carbonyl (C=O) groups is 1. The van der Waals surface area contributed by atoms with E-state index < -0.39 is 0 Å². The van der Waals surface area contributed by atoms with Gasteiger partial charge in [0.05, 0.1) is 17.1 Å². The minimum absolute atomic E-state index is 0.207. The Morgan fingerprint density at radius 3 is 2.71 bits per heavy atom. The van der Waals surface area contributed by atoms with Gasteiger partial charge in [-0.2, -0.15) is 0 Å². The summed E-state index contributed by atoms with van der Waals surface area (Å²) in [7, 11) is 0. The second-order valence-corrected chi connectivity index (χ2v) is 5.97. The molecule has 1 amide bonds. The average Bonchev–Trinajstić information content (AvgIpc) is 3.03. The SMILES string of the molecule is CCCCOc1ccc(NC(=O)c2cc3cccc(Cl)c3[nH]2)cc1. The van der Waals surface area contributed by atoms with Crippen LogP contribution >= 0.6 is 11.6 Å². The van der Waals surface area contributed by atoms with E-state index >= 15 is 0 Å². The number of hydrogen-bond acceptors (Lipinski definition) is 2. The van der Waals surface area contributed by atoms with Gasteiger partial charge in [0.2, 0.25) is 0 Å². The maximum Gasteiger partial charge on any atom is 0.272 e. The van der Waals surface area contributed by atoms with E-state index in [2.05, 4.69) is 17.2 Å². The van der Waals surface area contributed by atoms with Gasteiger partial charge in [-0.3, -0.25) is 4.79 Å². The molecule has 0 fully saturated rings. The summed E-state index contributed by atoms with van der Waals surface area (Å²) in [6.45, 7) is 2.83. The zero-order chi connectivity index (χ0) is 16.9. The van der Waals surface area contributed by atoms with Gasteiger partial charge >= 0.3 is 0 Å². The predicted octanol–water partition coefficient (Wildman–Crippen LogP) is 5.25. The van der Waals surface area contributed by atoms with E-state index in [4.69, 9.17) is 16.3 Å². The number of ether oxygens (including phenoxy) is 1. The van der Waals surface area contributed by atoms with Gasteiger partial charge < -0.3 is 15.0 Å². The molecule has 0 aliphatic carbocycles. The van der Waals surface area contributed by atoms with E-state index in [0.717, 1.165) is 29.5 Å². The molecule has 2 N–H and O–H groups in total. The Kier molecular flexibility index (Phi) is 5.06. The number of nitrogens with one attached hydrogen (secondary N) is 2. The lowest BCUT2D eigenvalue weighted by molar-refractivity contribution is 0.102. The number of aromatic amines is 1. The molecule has 0 unspecified atom stereocenters. The molecule has 0 saturated carbocycles. The zero-order valence-corrected chi connectivity index (χ0v) is 14.2. The highest BCUT2D eigenvalue weighted by Crippen LogP contribution is 2.24. The van der Waals surface area contributed by atoms with Crippen LogP contribution < -0.4 is 10.1 Å². The third kappa shape index (κ3) is 3.71. The minimum Gasteiger partial charge on any atom is -0.494 e. The highest BCUT2D eigenvalue weighted by Gasteiger charge is 2.11. The van der Waals surface area contributed by atoms with Crippen molar-refractivity contribution in [3.63, 3.8) is 0 Å². The van der Waals surface area contributed by atoms with Crippen molar-refractivity contribution < 1.29 is 9.53 Å². The van der Waals surface area contributed by atoms with Crippen LogP contribution in [-0.2, 0) is 0 Å². The number of halogens is 1. The largest absolute Gasteiger partial charge is 0.494 e. The summed E-state index contributed by atoms with van der Waals surface area (Å²) in [5.41, 5.74) is 1.96. The number of benzene rings is 2. The molecule has 3 aromatic rings. The first kappa shape index (κ1) is 16.4. The first-order valence-corrected chi connectivity index (χ1v) is 8.36. The third-order valence-corrected chi connectivity index (χ3v) is 4.04. The van der Waals surface area contributed by atoms with Crippen molar-refractivity contribution in [2.75, 3.05) is 11.9 Å². The Bertz CT molecular complexity index is 840. The fraction of sp³-hybridized carbons (Fsp3) is 0.211. The summed E-state index contributed by atoms with van der Waals surface area (Å²) < 4.78 is 5.61. The van der Waals surface area contributed by atoms with E-state index in [0.29, 0.717) is 23.0 Å². The number of unbranched alkanes of at least 4 members (excludes halogenated alkanes) is 1. The lowest BCUT2D eigenvalue weighted by Gasteiger charge is -2.07. The maximum absolute atomic E-state index is 12.4. The fourth-order valence-electron chi connectivity index (χ4n) is 2.41. The lowest BCUT2D eigenvalue weighted by Crippen LogP contribution is -2.12. The molecule has 0 bridgehead atoms. The van der Waals surface area contributed by atoms with E-state index in [1.165, 1.54) is 0 Å². The smallest absolute Gasteiger partial charge is 0.272 e. The van der Waals surface area contributed by atoms with Gasteiger partial charge in [-0.05, 0) is 42.8 Å². The third-order valence-electron chi connectivity index (χ3n) is 3.73. The topological polar surface area (TPSA) is 54.1 Å². The van der Waals surface area contributed by atoms with Gasteiger partial charge in [0.25, 0.3) is 5.91 Å². The van der Waals surface area contributed by atoms with Gasteiger partial charge in [0.1, 0.15) is 11.4 Å². The summed E-state index contributed by atoms with van der Waals surface area (Å²) in [4.78, 5) is 15.4. The Morgan fingerprint density at radius 1 is 1.21 bits per heavy atom. The first-order chi connectivity index (χ1) is 11.7. The number of rotatable bonds is 6. The van der Waals surface area contributed by atoms with E-state index in [-0.39, 0.29) is 5.91 Å². The Labute approximate surface area is 145 Å². The van der Waals surface area contributed by atoms with Gasteiger partial charge in [-0.1, -0.05) is 37.1 Å². The van der Waals surface area contributed by atoms with Crippen LogP contribution in [0.2, 0.25) is 5.02 Å². The number of para-hydroxylation sites is 1. The molecule has 0 atom stereocenters. The number of aromatic nitrogens is 1. The Balaban J connectivity index is 1.68. The highest BCUT2D eigenvalue weighted by atomic mass is 35.5. The number of amides is 1. The van der Waals surface area contributed by atoms with Crippen LogP contribution in [0.15, 0.2) is 48.5 Å². The molecule has 0 saturated heterocycles. The molecular weight excluding hydrogens is 324 g/mol. The standard InChI is InChI=1S/C19H19ClN2O2/c1-2-3-11-24-15-9-7-14(8-10-15)21-19(23)17-12-13-5-4-6-16(20)18(13)22-17/h4-10,12,22H,2-3,11H2,1H3,(H,21,23). The molecule has 3 rings (SSSR count). The molecule has 1 aromatic heterocycles. The minimum atomic E-state index is -0.207. The van der Waals surface area contributed by atoms with E-state index in [1.807, 2.05) is 36.4 Å². The molecule has 4 nitrogen and oxygen atoms in total. The first-order valence-electron chi connectivity index (χ1n) is 7.99. The van der Waals surface area contributed by atoms with Crippen LogP contribution in [0.4, 0.5) is 5.69 Å². The molecule has 0 spiro atoms. The summed E-state index contributed by atoms with van der Waals surface area (Å²) in [6, 6.07) is 14.7. The Morgan fingerprint density at radius 2 is 2.00 bits per heavy atom. The normalized spacial score (nSPS) is 10.8. The number of H-pyrrole nitrogens is 1. The summed E-state index contributed by atoms with van der Waals surface area (Å²) >= 11 is 6.13. The quantitative estimate of drug-likeness (QED) is 0.601. The van der Waals surface area contributed by atoms with Crippen LogP contribution in [0.3, 0.4) is 0 Å². The van der Waals surface area contributed by atoms with Crippen molar-refractivity contribution in [2.24, 2.45) is 0 Å². The monoisotopic (exact) mass is 342 g/mol. The summed E-state index contributed by atoms with van der Waals surface area (Å²) in [6.07, 6.45) is 2.13. The van der Waals surface area contributed by atoms with Crippen molar-refractivity contribution in [3.05, 3.63) is 59.2 Å². The average molecular weight is 343 g/mol. The van der Waals surface area contributed by atoms with Crippen molar-refractivity contribution in [1.29, 1.82) is 0 Å². The van der Waals surface area contributed by atoms with E-state index in [9.17, 15) is 4.79 Å². The van der Waals surface area contributed by atoms with Gasteiger partial charge in [-0.15, -0.1) is 0 Å². The van der Waals surface area contributed by atoms with Crippen LogP contribution in [-0.4, -0.2) is 17.5 Å². The molecule has 124 valence electrons. The molecular formula is C19H19ClN2O2. The van der Waals surface area contributed by atoms with Crippen molar-refractivity contribution in [3.8, 4) is 5.75 Å². The Hall–Kier alpha value is -2.46. The molecule has 1 heterocycles. The van der Waals surface area contributed by atoms with E-state index in [1.54, 1.807) is 12.1 Å². The second kappa shape index (κ2) is 7.41. The van der Waals surface area contributed by atoms with Crippen LogP contribution in [0, 0.1) is 0 Å². The number of anilines is 1. The fourth-order valence-corrected chi connectivity index (χ4v) is 2.64. The van der Waals surface area contributed by atoms with Gasteiger partial charge in [-0.25, -0.2) is 0 Å². The molecule has 0 aliphatic rings. The van der Waals surface area contributed by atoms with Gasteiger partial charge in [0.15, 0.2) is 0 Å². The molecule has 24 heavy (non-hydrogen) atoms. The summed E-state index contributed by atoms with van der Waals surface area (Å²) in [5, 5.41) is 4.37. The molecule has 2 aromatic carbocycles. The molecule has 0 aliphatic heterocycles. The molecule has 0 radical (unpaired) electrons. The summed E-state index contributed by atoms with van der Waals surface area (Å²) in [5.74, 6) is 0.598. The zero-order valence-electron chi connectivity index (χ0n) is 13.4. The van der Waals surface area contributed by atoms with Crippen LogP contribution in [0.1, 0.15) is 30.3 Å². The highest BCUT2D eigenvalue weighted by molar-refractivity contribution is 6.35. The van der Waals surface area contributed by atoms with Gasteiger partial charge in [0, 0.05) is 11.1 Å². The molecule has 5 heteroatoms. The number of fused-ring (bicyclic) bond motifs is 1. The number of hydrogen-bond donors (Lipinski definition) is 2. The van der Waals surface area contributed by atoms with Crippen LogP contribution in [0.5, 0.6) is 5.75 Å². The second-order valence-electron chi connectivity index (χ2n) is 5.57. The lowest BCUT2D eigenvalue weighted by atomic mass is 10.2. The predicted molar refractivity (Wildman–Crippen MR) is 98.1 cm³/mol.